The molecule has 1 saturated heterocycles. The number of carbonyl (C=O) groups excluding carboxylic acids is 1. The largest absolute Gasteiger partial charge is 0.491 e. The van der Waals surface area contributed by atoms with Crippen LogP contribution in [0.4, 0.5) is 15.9 Å². The highest BCUT2D eigenvalue weighted by Crippen LogP contribution is 2.65. The predicted octanol–water partition coefficient (Wildman–Crippen LogP) is 2.47. The zero-order valence-electron chi connectivity index (χ0n) is 18.1. The quantitative estimate of drug-likeness (QED) is 0.582. The minimum absolute atomic E-state index is 0.0188. The van der Waals surface area contributed by atoms with Gasteiger partial charge in [0.2, 0.25) is 5.91 Å². The van der Waals surface area contributed by atoms with Crippen molar-refractivity contribution in [3.63, 3.8) is 0 Å². The van der Waals surface area contributed by atoms with Gasteiger partial charge in [-0.25, -0.2) is 19.8 Å². The first-order chi connectivity index (χ1) is 15.5. The van der Waals surface area contributed by atoms with Crippen molar-refractivity contribution < 1.29 is 13.9 Å². The van der Waals surface area contributed by atoms with Crippen molar-refractivity contribution in [2.75, 3.05) is 17.7 Å². The molecule has 2 aromatic rings. The van der Waals surface area contributed by atoms with Crippen LogP contribution in [0.2, 0.25) is 0 Å². The van der Waals surface area contributed by atoms with Crippen molar-refractivity contribution >= 4 is 17.4 Å². The fourth-order valence-corrected chi connectivity index (χ4v) is 6.30. The van der Waals surface area contributed by atoms with Crippen LogP contribution in [0.15, 0.2) is 24.4 Å². The monoisotopic (exact) mass is 438 g/mol. The van der Waals surface area contributed by atoms with Crippen molar-refractivity contribution in [1.29, 1.82) is 0 Å². The van der Waals surface area contributed by atoms with Gasteiger partial charge in [-0.2, -0.15) is 0 Å². The number of aryl methyl sites for hydroxylation is 1. The van der Waals surface area contributed by atoms with Crippen LogP contribution in [0.3, 0.4) is 0 Å². The van der Waals surface area contributed by atoms with Crippen LogP contribution >= 0.6 is 0 Å². The molecule has 2 aliphatic carbocycles. The van der Waals surface area contributed by atoms with E-state index in [1.54, 1.807) is 25.4 Å². The van der Waals surface area contributed by atoms with Crippen LogP contribution in [0.25, 0.3) is 0 Å². The summed E-state index contributed by atoms with van der Waals surface area (Å²) in [5, 5.41) is 6.39. The maximum absolute atomic E-state index is 14.7. The lowest BCUT2D eigenvalue weighted by atomic mass is 9.74. The predicted molar refractivity (Wildman–Crippen MR) is 116 cm³/mol. The second-order valence-corrected chi connectivity index (χ2v) is 9.49. The Kier molecular flexibility index (Phi) is 4.42. The molecule has 168 valence electrons. The second-order valence-electron chi connectivity index (χ2n) is 9.49. The molecule has 1 amide bonds. The van der Waals surface area contributed by atoms with E-state index in [0.29, 0.717) is 40.5 Å². The number of nitrogens with zero attached hydrogens (tertiary/aromatic N) is 2. The van der Waals surface area contributed by atoms with E-state index in [-0.39, 0.29) is 29.8 Å². The zero-order valence-corrected chi connectivity index (χ0v) is 18.1. The third-order valence-electron chi connectivity index (χ3n) is 7.88. The van der Waals surface area contributed by atoms with Crippen LogP contribution in [0, 0.1) is 30.5 Å². The van der Waals surface area contributed by atoms with E-state index in [0.717, 1.165) is 25.7 Å². The molecule has 1 aromatic carbocycles. The van der Waals surface area contributed by atoms with Gasteiger partial charge in [0.1, 0.15) is 11.6 Å². The number of carbonyl (C=O) groups is 1. The van der Waals surface area contributed by atoms with Crippen molar-refractivity contribution in [3.8, 4) is 5.75 Å². The van der Waals surface area contributed by atoms with Gasteiger partial charge in [0.15, 0.2) is 11.6 Å². The lowest BCUT2D eigenvalue weighted by molar-refractivity contribution is -0.118. The Labute approximate surface area is 185 Å². The number of methoxy groups -OCH3 is 1. The molecular formula is C23H27FN6O2. The number of fused-ring (bicyclic) bond motifs is 3. The van der Waals surface area contributed by atoms with Gasteiger partial charge in [0.25, 0.3) is 0 Å². The van der Waals surface area contributed by atoms with Crippen molar-refractivity contribution in [1.82, 2.24) is 20.8 Å². The molecule has 8 nitrogen and oxygen atoms in total. The molecule has 6 rings (SSSR count). The molecule has 3 fully saturated rings. The Balaban J connectivity index is 1.17. The van der Waals surface area contributed by atoms with Crippen molar-refractivity contribution in [3.05, 3.63) is 41.6 Å². The normalized spacial score (nSPS) is 34.7. The van der Waals surface area contributed by atoms with Crippen LogP contribution in [0.5, 0.6) is 5.75 Å². The SMILES string of the molecule is COc1cnc(C)nc1NC1NNC2CC([C@@H]3C[C@@]34C(=O)Nc3cccc(F)c34)CCC21. The van der Waals surface area contributed by atoms with E-state index in [1.807, 2.05) is 6.92 Å². The van der Waals surface area contributed by atoms with Gasteiger partial charge in [-0.05, 0) is 56.6 Å². The molecule has 4 N–H and O–H groups in total. The molecule has 4 unspecified atom stereocenters. The topological polar surface area (TPSA) is 100 Å². The molecule has 2 aliphatic heterocycles. The van der Waals surface area contributed by atoms with Crippen LogP contribution < -0.4 is 26.2 Å². The fraction of sp³-hybridized carbons (Fsp3) is 0.522. The van der Waals surface area contributed by atoms with Gasteiger partial charge in [-0.1, -0.05) is 6.07 Å². The molecule has 1 aromatic heterocycles. The van der Waals surface area contributed by atoms with Gasteiger partial charge in [-0.3, -0.25) is 10.2 Å². The van der Waals surface area contributed by atoms with Crippen molar-refractivity contribution in [2.24, 2.45) is 17.8 Å². The third-order valence-corrected chi connectivity index (χ3v) is 7.88. The summed E-state index contributed by atoms with van der Waals surface area (Å²) in [5.41, 5.74) is 7.37. The van der Waals surface area contributed by atoms with Crippen LogP contribution in [-0.2, 0) is 10.2 Å². The van der Waals surface area contributed by atoms with Gasteiger partial charge < -0.3 is 15.4 Å². The summed E-state index contributed by atoms with van der Waals surface area (Å²) in [6.07, 6.45) is 5.42. The number of hydrazine groups is 1. The summed E-state index contributed by atoms with van der Waals surface area (Å²) in [6, 6.07) is 5.21. The maximum Gasteiger partial charge on any atom is 0.235 e. The molecule has 4 aliphatic rings. The van der Waals surface area contributed by atoms with E-state index >= 15 is 0 Å². The maximum atomic E-state index is 14.7. The molecule has 1 spiro atoms. The third kappa shape index (κ3) is 2.84. The summed E-state index contributed by atoms with van der Waals surface area (Å²) in [5.74, 6) is 2.63. The number of ether oxygens (including phenoxy) is 1. The molecule has 9 heteroatoms. The highest BCUT2D eigenvalue weighted by Gasteiger charge is 2.68. The van der Waals surface area contributed by atoms with Crippen LogP contribution in [-0.4, -0.2) is 35.2 Å². The Morgan fingerprint density at radius 2 is 2.16 bits per heavy atom. The minimum Gasteiger partial charge on any atom is -0.491 e. The van der Waals surface area contributed by atoms with Crippen LogP contribution in [0.1, 0.15) is 37.1 Å². The highest BCUT2D eigenvalue weighted by atomic mass is 19.1. The molecule has 32 heavy (non-hydrogen) atoms. The molecule has 3 heterocycles. The lowest BCUT2D eigenvalue weighted by Crippen LogP contribution is -2.39. The number of rotatable bonds is 4. The Morgan fingerprint density at radius 3 is 3.00 bits per heavy atom. The minimum atomic E-state index is -0.673. The zero-order chi connectivity index (χ0) is 22.0. The number of hydrogen-bond acceptors (Lipinski definition) is 7. The van der Waals surface area contributed by atoms with Gasteiger partial charge in [0.05, 0.1) is 24.9 Å². The summed E-state index contributed by atoms with van der Waals surface area (Å²) in [4.78, 5) is 21.5. The standard InChI is InChI=1S/C23H27FN6O2/c1-11-25-10-18(32-2)21(26-11)28-20-13-7-6-12(8-17(13)29-30-20)14-9-23(14)19-15(24)4-3-5-16(19)27-22(23)31/h3-5,10,12-14,17,20,29-30H,6-9H2,1-2H3,(H,27,31)(H,25,26,28)/t12?,13?,14-,17?,20?,23+/m0/s1. The first-order valence-corrected chi connectivity index (χ1v) is 11.3. The summed E-state index contributed by atoms with van der Waals surface area (Å²) >= 11 is 0. The van der Waals surface area contributed by atoms with E-state index in [1.165, 1.54) is 6.07 Å². The smallest absolute Gasteiger partial charge is 0.235 e. The van der Waals surface area contributed by atoms with Gasteiger partial charge >= 0.3 is 0 Å². The van der Waals surface area contributed by atoms with Gasteiger partial charge in [0, 0.05) is 23.2 Å². The summed E-state index contributed by atoms with van der Waals surface area (Å²) in [6.45, 7) is 1.85. The number of benzene rings is 1. The van der Waals surface area contributed by atoms with Crippen molar-refractivity contribution in [2.45, 2.75) is 50.2 Å². The first kappa shape index (κ1) is 19.9. The molecular weight excluding hydrogens is 411 g/mol. The highest BCUT2D eigenvalue weighted by molar-refractivity contribution is 6.09. The fourth-order valence-electron chi connectivity index (χ4n) is 6.30. The average molecular weight is 439 g/mol. The molecule has 2 saturated carbocycles. The summed E-state index contributed by atoms with van der Waals surface area (Å²) < 4.78 is 20.1. The summed E-state index contributed by atoms with van der Waals surface area (Å²) in [7, 11) is 1.61. The number of nitrogens with one attached hydrogen (secondary N) is 4. The second kappa shape index (κ2) is 7.11. The van der Waals surface area contributed by atoms with E-state index < -0.39 is 5.41 Å². The number of anilines is 2. The van der Waals surface area contributed by atoms with E-state index in [4.69, 9.17) is 4.74 Å². The first-order valence-electron chi connectivity index (χ1n) is 11.3. The lowest BCUT2D eigenvalue weighted by Gasteiger charge is -2.34. The number of aromatic nitrogens is 2. The number of hydrogen-bond donors (Lipinski definition) is 4. The average Bonchev–Trinajstić information content (AvgIpc) is 3.30. The Hall–Kier alpha value is -2.78. The van der Waals surface area contributed by atoms with E-state index in [9.17, 15) is 9.18 Å². The van der Waals surface area contributed by atoms with Gasteiger partial charge in [-0.15, -0.1) is 0 Å². The Morgan fingerprint density at radius 1 is 1.28 bits per heavy atom. The Bertz CT molecular complexity index is 1100. The number of halogens is 1. The molecule has 0 radical (unpaired) electrons. The van der Waals surface area contributed by atoms with E-state index in [2.05, 4.69) is 31.5 Å². The molecule has 0 bridgehead atoms. The number of amides is 1. The molecule has 6 atom stereocenters.